The number of benzene rings is 3. The highest BCUT2D eigenvalue weighted by Gasteiger charge is 2.35. The van der Waals surface area contributed by atoms with Crippen LogP contribution in [0.4, 0.5) is 11.4 Å². The van der Waals surface area contributed by atoms with Crippen molar-refractivity contribution >= 4 is 35.0 Å². The van der Waals surface area contributed by atoms with Crippen LogP contribution in [0, 0.1) is 13.8 Å². The van der Waals surface area contributed by atoms with Crippen molar-refractivity contribution in [2.75, 3.05) is 16.0 Å². The number of nitrogens with one attached hydrogen (secondary N) is 1. The van der Waals surface area contributed by atoms with Crippen LogP contribution in [-0.4, -0.2) is 17.6 Å². The Hall–Kier alpha value is -3.05. The third kappa shape index (κ3) is 4.58. The molecule has 4 rings (SSSR count). The Labute approximate surface area is 194 Å². The van der Waals surface area contributed by atoms with Gasteiger partial charge in [0, 0.05) is 11.4 Å². The van der Waals surface area contributed by atoms with E-state index >= 15 is 0 Å². The lowest BCUT2D eigenvalue weighted by atomic mass is 9.95. The number of hydrogen-bond acceptors (Lipinski definition) is 3. The molecule has 1 heterocycles. The molecule has 0 unspecified atom stereocenters. The highest BCUT2D eigenvalue weighted by atomic mass is 32.2. The van der Waals surface area contributed by atoms with Gasteiger partial charge in [-0.1, -0.05) is 67.1 Å². The Morgan fingerprint density at radius 3 is 2.56 bits per heavy atom. The van der Waals surface area contributed by atoms with Crippen LogP contribution in [0.15, 0.2) is 72.8 Å². The molecule has 0 aromatic heterocycles. The minimum absolute atomic E-state index is 0.0164. The Morgan fingerprint density at radius 2 is 1.84 bits per heavy atom. The van der Waals surface area contributed by atoms with Crippen LogP contribution >= 0.6 is 11.8 Å². The van der Waals surface area contributed by atoms with Crippen LogP contribution in [0.25, 0.3) is 0 Å². The normalized spacial score (nSPS) is 16.8. The summed E-state index contributed by atoms with van der Waals surface area (Å²) in [5.74, 6) is 0.336. The zero-order valence-electron chi connectivity index (χ0n) is 18.7. The van der Waals surface area contributed by atoms with Gasteiger partial charge in [0.2, 0.25) is 11.8 Å². The molecule has 1 aliphatic heterocycles. The first-order chi connectivity index (χ1) is 15.5. The molecule has 2 amide bonds. The van der Waals surface area contributed by atoms with Crippen LogP contribution in [-0.2, 0) is 9.59 Å². The number of hydrogen-bond donors (Lipinski definition) is 1. The van der Waals surface area contributed by atoms with E-state index in [4.69, 9.17) is 0 Å². The average molecular weight is 445 g/mol. The summed E-state index contributed by atoms with van der Waals surface area (Å²) in [4.78, 5) is 27.7. The minimum atomic E-state index is -0.200. The van der Waals surface area contributed by atoms with E-state index < -0.39 is 0 Å². The molecule has 164 valence electrons. The molecule has 0 spiro atoms. The van der Waals surface area contributed by atoms with Gasteiger partial charge in [-0.05, 0) is 55.2 Å². The van der Waals surface area contributed by atoms with Gasteiger partial charge in [0.15, 0.2) is 0 Å². The first-order valence-corrected chi connectivity index (χ1v) is 12.0. The Kier molecular flexibility index (Phi) is 6.66. The van der Waals surface area contributed by atoms with Crippen molar-refractivity contribution in [1.82, 2.24) is 0 Å². The lowest BCUT2D eigenvalue weighted by molar-refractivity contribution is -0.118. The molecule has 5 heteroatoms. The number of carbonyl (C=O) groups excluding carboxylic acids is 2. The number of carbonyl (C=O) groups is 2. The number of amides is 2. The zero-order valence-corrected chi connectivity index (χ0v) is 19.5. The van der Waals surface area contributed by atoms with Crippen LogP contribution < -0.4 is 10.2 Å². The van der Waals surface area contributed by atoms with Gasteiger partial charge in [-0.15, -0.1) is 11.8 Å². The van der Waals surface area contributed by atoms with Gasteiger partial charge >= 0.3 is 0 Å². The van der Waals surface area contributed by atoms with E-state index in [1.54, 1.807) is 11.8 Å². The third-order valence-corrected chi connectivity index (χ3v) is 7.06. The summed E-state index contributed by atoms with van der Waals surface area (Å²) in [5, 5.41) is 2.97. The van der Waals surface area contributed by atoms with E-state index in [0.717, 1.165) is 34.5 Å². The highest BCUT2D eigenvalue weighted by Crippen LogP contribution is 2.43. The fraction of sp³-hybridized carbons (Fsp3) is 0.259. The van der Waals surface area contributed by atoms with E-state index in [0.29, 0.717) is 5.75 Å². The summed E-state index contributed by atoms with van der Waals surface area (Å²) in [7, 11) is 0. The van der Waals surface area contributed by atoms with Crippen molar-refractivity contribution in [2.45, 2.75) is 38.5 Å². The highest BCUT2D eigenvalue weighted by molar-refractivity contribution is 8.00. The van der Waals surface area contributed by atoms with Crippen LogP contribution in [0.5, 0.6) is 0 Å². The zero-order chi connectivity index (χ0) is 22.7. The number of aryl methyl sites for hydroxylation is 2. The molecule has 4 nitrogen and oxygen atoms in total. The van der Waals surface area contributed by atoms with Crippen molar-refractivity contribution in [3.05, 3.63) is 95.1 Å². The van der Waals surface area contributed by atoms with Gasteiger partial charge in [-0.3, -0.25) is 14.5 Å². The molecule has 1 fully saturated rings. The molecular formula is C27H28N2O2S. The molecule has 0 radical (unpaired) electrons. The van der Waals surface area contributed by atoms with Gasteiger partial charge in [0.1, 0.15) is 5.37 Å². The van der Waals surface area contributed by atoms with Crippen molar-refractivity contribution < 1.29 is 9.59 Å². The monoisotopic (exact) mass is 444 g/mol. The summed E-state index contributed by atoms with van der Waals surface area (Å²) < 4.78 is 0. The fourth-order valence-electron chi connectivity index (χ4n) is 4.26. The lowest BCUT2D eigenvalue weighted by Crippen LogP contribution is -2.28. The van der Waals surface area contributed by atoms with Crippen LogP contribution in [0.2, 0.25) is 0 Å². The average Bonchev–Trinajstić information content (AvgIpc) is 3.16. The predicted molar refractivity (Wildman–Crippen MR) is 133 cm³/mol. The van der Waals surface area contributed by atoms with E-state index in [-0.39, 0.29) is 23.1 Å². The second-order valence-electron chi connectivity index (χ2n) is 8.20. The van der Waals surface area contributed by atoms with Gasteiger partial charge in [-0.2, -0.15) is 0 Å². The molecular weight excluding hydrogens is 416 g/mol. The van der Waals surface area contributed by atoms with E-state index in [2.05, 4.69) is 18.3 Å². The molecule has 0 bridgehead atoms. The maximum absolute atomic E-state index is 13.0. The summed E-state index contributed by atoms with van der Waals surface area (Å²) >= 11 is 1.62. The molecule has 3 aromatic rings. The van der Waals surface area contributed by atoms with Crippen molar-refractivity contribution in [3.63, 3.8) is 0 Å². The summed E-state index contributed by atoms with van der Waals surface area (Å²) in [5.41, 5.74) is 5.98. The lowest BCUT2D eigenvalue weighted by Gasteiger charge is -2.26. The standard InChI is InChI=1S/C27H28N2O2S/c1-4-23(20-9-6-5-7-10-20)26(31)28-22-12-8-11-21(16-22)27-29(25(30)17-32-27)24-14-13-18(2)15-19(24)3/h5-16,23,27H,4,17H2,1-3H3,(H,28,31)/t23-,27+/m0/s1. The van der Waals surface area contributed by atoms with Crippen molar-refractivity contribution in [1.29, 1.82) is 0 Å². The predicted octanol–water partition coefficient (Wildman–Crippen LogP) is 6.21. The molecule has 0 saturated carbocycles. The quantitative estimate of drug-likeness (QED) is 0.491. The summed E-state index contributed by atoms with van der Waals surface area (Å²) in [6.45, 7) is 6.12. The number of anilines is 2. The maximum atomic E-state index is 13.0. The van der Waals surface area contributed by atoms with Crippen molar-refractivity contribution in [2.24, 2.45) is 0 Å². The second-order valence-corrected chi connectivity index (χ2v) is 9.27. The van der Waals surface area contributed by atoms with Gasteiger partial charge in [-0.25, -0.2) is 0 Å². The van der Waals surface area contributed by atoms with Crippen LogP contribution in [0.3, 0.4) is 0 Å². The van der Waals surface area contributed by atoms with E-state index in [9.17, 15) is 9.59 Å². The van der Waals surface area contributed by atoms with Gasteiger partial charge in [0.25, 0.3) is 0 Å². The first-order valence-electron chi connectivity index (χ1n) is 10.9. The number of nitrogens with zero attached hydrogens (tertiary/aromatic N) is 1. The van der Waals surface area contributed by atoms with E-state index in [1.165, 1.54) is 5.56 Å². The topological polar surface area (TPSA) is 49.4 Å². The van der Waals surface area contributed by atoms with Crippen molar-refractivity contribution in [3.8, 4) is 0 Å². The van der Waals surface area contributed by atoms with Gasteiger partial charge in [0.05, 0.1) is 11.7 Å². The summed E-state index contributed by atoms with van der Waals surface area (Å²) in [6.07, 6.45) is 0.725. The maximum Gasteiger partial charge on any atom is 0.238 e. The number of rotatable bonds is 6. The SMILES string of the molecule is CC[C@H](C(=O)Nc1cccc([C@H]2SCC(=O)N2c2ccc(C)cc2C)c1)c1ccccc1. The third-order valence-electron chi connectivity index (χ3n) is 5.85. The smallest absolute Gasteiger partial charge is 0.238 e. The molecule has 1 saturated heterocycles. The minimum Gasteiger partial charge on any atom is -0.326 e. The molecule has 1 aliphatic rings. The molecule has 32 heavy (non-hydrogen) atoms. The van der Waals surface area contributed by atoms with Crippen LogP contribution in [0.1, 0.15) is 46.9 Å². The van der Waals surface area contributed by atoms with Gasteiger partial charge < -0.3 is 5.32 Å². The summed E-state index contributed by atoms with van der Waals surface area (Å²) in [6, 6.07) is 23.9. The molecule has 0 aliphatic carbocycles. The molecule has 1 N–H and O–H groups in total. The fourth-order valence-corrected chi connectivity index (χ4v) is 5.42. The molecule has 3 aromatic carbocycles. The Bertz CT molecular complexity index is 1130. The first kappa shape index (κ1) is 22.2. The number of thioether (sulfide) groups is 1. The Balaban J connectivity index is 1.58. The molecule has 2 atom stereocenters. The largest absolute Gasteiger partial charge is 0.326 e. The second kappa shape index (κ2) is 9.61. The Morgan fingerprint density at radius 1 is 1.06 bits per heavy atom. The van der Waals surface area contributed by atoms with E-state index in [1.807, 2.05) is 85.5 Å².